The number of fused-ring (bicyclic) bond motifs is 2. The summed E-state index contributed by atoms with van der Waals surface area (Å²) < 4.78 is 10.8. The molecule has 0 unspecified atom stereocenters. The molecule has 5 rings (SSSR count). The van der Waals surface area contributed by atoms with Crippen molar-refractivity contribution in [2.45, 2.75) is 23.1 Å². The van der Waals surface area contributed by atoms with Gasteiger partial charge in [0.25, 0.3) is 5.91 Å². The molecule has 0 bridgehead atoms. The number of nitrogens with one attached hydrogen (secondary N) is 2. The number of aromatic amines is 1. The molecule has 1 fully saturated rings. The first-order chi connectivity index (χ1) is 20.1. The number of ether oxygens (including phenoxy) is 2. The van der Waals surface area contributed by atoms with Gasteiger partial charge in [0.2, 0.25) is 11.8 Å². The van der Waals surface area contributed by atoms with E-state index in [9.17, 15) is 33.9 Å². The van der Waals surface area contributed by atoms with Gasteiger partial charge in [0.05, 0.1) is 23.1 Å². The number of aliphatic carboxylic acids is 1. The van der Waals surface area contributed by atoms with Crippen molar-refractivity contribution in [3.8, 4) is 5.75 Å². The molecule has 3 aromatic rings. The second-order valence-electron chi connectivity index (χ2n) is 9.22. The second kappa shape index (κ2) is 12.0. The molecule has 0 radical (unpaired) electrons. The van der Waals surface area contributed by atoms with Crippen LogP contribution in [0.15, 0.2) is 52.3 Å². The van der Waals surface area contributed by atoms with E-state index >= 15 is 0 Å². The fourth-order valence-electron chi connectivity index (χ4n) is 4.84. The molecule has 3 atom stereocenters. The third-order valence-corrected chi connectivity index (χ3v) is 9.19. The van der Waals surface area contributed by atoms with E-state index in [1.807, 2.05) is 0 Å². The third kappa shape index (κ3) is 5.78. The molecule has 42 heavy (non-hydrogen) atoms. The highest BCUT2D eigenvalue weighted by Gasteiger charge is 2.56. The molecule has 1 saturated heterocycles. The minimum absolute atomic E-state index is 0.187. The van der Waals surface area contributed by atoms with Crippen LogP contribution in [0.25, 0.3) is 0 Å². The number of carboxylic acids is 1. The Hall–Kier alpha value is -4.14. The van der Waals surface area contributed by atoms with Gasteiger partial charge in [0.15, 0.2) is 6.61 Å². The summed E-state index contributed by atoms with van der Waals surface area (Å²) >= 11 is 8.19. The number of carbonyl (C=O) groups is 5. The zero-order chi connectivity index (χ0) is 30.1. The number of aromatic nitrogens is 1. The molecule has 2 aromatic carbocycles. The van der Waals surface area contributed by atoms with Crippen LogP contribution in [0.2, 0.25) is 5.02 Å². The Balaban J connectivity index is 1.41. The number of thioether (sulfide) groups is 1. The molecule has 12 nitrogen and oxygen atoms in total. The predicted octanol–water partition coefficient (Wildman–Crippen LogP) is 2.96. The fraction of sp³-hybridized carbons (Fsp3) is 0.259. The Morgan fingerprint density at radius 2 is 1.83 bits per heavy atom. The Bertz CT molecular complexity index is 1650. The minimum atomic E-state index is -1.34. The molecule has 0 saturated carbocycles. The number of nitrogens with zero attached hydrogens (tertiary/aromatic N) is 1. The molecule has 0 aliphatic carbocycles. The van der Waals surface area contributed by atoms with Crippen LogP contribution >= 0.6 is 34.7 Å². The number of H-pyrrole nitrogens is 1. The number of benzene rings is 2. The van der Waals surface area contributed by atoms with Crippen LogP contribution in [0.1, 0.15) is 33.6 Å². The number of thiazole rings is 1. The van der Waals surface area contributed by atoms with Crippen molar-refractivity contribution in [2.24, 2.45) is 5.92 Å². The molecule has 2 aliphatic heterocycles. The van der Waals surface area contributed by atoms with Gasteiger partial charge in [-0.15, -0.1) is 0 Å². The average Bonchev–Trinajstić information content (AvgIpc) is 3.43. The van der Waals surface area contributed by atoms with Gasteiger partial charge < -0.3 is 24.9 Å². The van der Waals surface area contributed by atoms with E-state index in [0.29, 0.717) is 31.6 Å². The molecule has 3 N–H and O–H groups in total. The van der Waals surface area contributed by atoms with Gasteiger partial charge in [0, 0.05) is 27.1 Å². The topological polar surface area (TPSA) is 172 Å². The van der Waals surface area contributed by atoms with E-state index in [1.165, 1.54) is 30.3 Å². The van der Waals surface area contributed by atoms with E-state index in [-0.39, 0.29) is 17.4 Å². The lowest BCUT2D eigenvalue weighted by molar-refractivity contribution is -0.149. The van der Waals surface area contributed by atoms with Crippen molar-refractivity contribution in [1.29, 1.82) is 0 Å². The van der Waals surface area contributed by atoms with E-state index in [4.69, 9.17) is 21.1 Å². The highest BCUT2D eigenvalue weighted by Crippen LogP contribution is 2.54. The van der Waals surface area contributed by atoms with Crippen molar-refractivity contribution in [2.75, 3.05) is 25.1 Å². The lowest BCUT2D eigenvalue weighted by atomic mass is 9.82. The number of hydrogen-bond donors (Lipinski definition) is 3. The van der Waals surface area contributed by atoms with Crippen molar-refractivity contribution in [3.05, 3.63) is 73.2 Å². The first-order valence-corrected chi connectivity index (χ1v) is 14.6. The number of rotatable bonds is 9. The number of anilines is 1. The molecule has 1 aromatic heterocycles. The molecule has 15 heteroatoms. The molecule has 0 spiro atoms. The maximum Gasteiger partial charge on any atom is 0.338 e. The van der Waals surface area contributed by atoms with Gasteiger partial charge in [-0.1, -0.05) is 34.7 Å². The number of hydrogen-bond acceptors (Lipinski definition) is 10. The molecule has 3 heterocycles. The monoisotopic (exact) mass is 631 g/mol. The van der Waals surface area contributed by atoms with Crippen LogP contribution in [0.3, 0.4) is 0 Å². The van der Waals surface area contributed by atoms with E-state index in [2.05, 4.69) is 10.3 Å². The number of imide groups is 1. The zero-order valence-electron chi connectivity index (χ0n) is 21.7. The second-order valence-corrected chi connectivity index (χ2v) is 11.8. The lowest BCUT2D eigenvalue weighted by Gasteiger charge is -2.31. The highest BCUT2D eigenvalue weighted by atomic mass is 35.5. The molecule has 2 aliphatic rings. The maximum atomic E-state index is 13.4. The number of amides is 3. The summed E-state index contributed by atoms with van der Waals surface area (Å²) in [5.74, 6) is -5.43. The van der Waals surface area contributed by atoms with Crippen molar-refractivity contribution >= 4 is 70.0 Å². The standard InChI is InChI=1S/C27H22ClN3O9S2/c1-2-39-26(37)12-3-6-14(7-4-12)29-17(32)11-40-16-8-5-13(28)9-15(16)19-20-22(41-23-21(19)42-27(38)30-23)25(36)31(24(20)35)10-18(33)34/h3-9,19-20,22H,2,10-11H2,1H3,(H,29,32)(H,30,38)(H,33,34)/t19-,20+,22-/m0/s1. The number of carbonyl (C=O) groups excluding carboxylic acids is 4. The minimum Gasteiger partial charge on any atom is -0.483 e. The van der Waals surface area contributed by atoms with Gasteiger partial charge >= 0.3 is 16.8 Å². The first kappa shape index (κ1) is 29.4. The molecular formula is C27H22ClN3O9S2. The van der Waals surface area contributed by atoms with Crippen LogP contribution in [0, 0.1) is 5.92 Å². The van der Waals surface area contributed by atoms with Crippen LogP contribution in [-0.2, 0) is 23.9 Å². The summed E-state index contributed by atoms with van der Waals surface area (Å²) in [6.45, 7) is 0.694. The van der Waals surface area contributed by atoms with Gasteiger partial charge in [-0.25, -0.2) is 4.79 Å². The van der Waals surface area contributed by atoms with Crippen LogP contribution in [0.5, 0.6) is 5.75 Å². The van der Waals surface area contributed by atoms with Crippen molar-refractivity contribution in [1.82, 2.24) is 9.88 Å². The Morgan fingerprint density at radius 3 is 2.52 bits per heavy atom. The lowest BCUT2D eigenvalue weighted by Crippen LogP contribution is -2.36. The zero-order valence-corrected chi connectivity index (χ0v) is 24.1. The van der Waals surface area contributed by atoms with Gasteiger partial charge in [-0.3, -0.25) is 28.9 Å². The SMILES string of the molecule is CCOC(=O)c1ccc(NC(=O)COc2ccc(Cl)cc2[C@@H]2c3sc(=O)[nH]c3S[C@@H]3C(=O)N(CC(=O)O)C(=O)[C@H]23)cc1. The largest absolute Gasteiger partial charge is 0.483 e. The van der Waals surface area contributed by atoms with Gasteiger partial charge in [-0.05, 0) is 49.4 Å². The fourth-order valence-corrected chi connectivity index (χ4v) is 7.55. The van der Waals surface area contributed by atoms with E-state index < -0.39 is 64.8 Å². The number of carboxylic acid groups (broad SMARTS) is 1. The first-order valence-electron chi connectivity index (χ1n) is 12.5. The molecular weight excluding hydrogens is 610 g/mol. The number of likely N-dealkylation sites (tertiary alicyclic amines) is 1. The smallest absolute Gasteiger partial charge is 0.338 e. The van der Waals surface area contributed by atoms with Gasteiger partial charge in [-0.2, -0.15) is 0 Å². The van der Waals surface area contributed by atoms with Gasteiger partial charge in [0.1, 0.15) is 17.5 Å². The van der Waals surface area contributed by atoms with E-state index in [1.54, 1.807) is 19.1 Å². The van der Waals surface area contributed by atoms with Crippen LogP contribution < -0.4 is 14.9 Å². The summed E-state index contributed by atoms with van der Waals surface area (Å²) in [6.07, 6.45) is 0. The Labute approximate surface area is 250 Å². The summed E-state index contributed by atoms with van der Waals surface area (Å²) in [4.78, 5) is 78.3. The third-order valence-electron chi connectivity index (χ3n) is 6.55. The summed E-state index contributed by atoms with van der Waals surface area (Å²) in [6, 6.07) is 10.7. The van der Waals surface area contributed by atoms with Crippen LogP contribution in [0.4, 0.5) is 5.69 Å². The maximum absolute atomic E-state index is 13.4. The quantitative estimate of drug-likeness (QED) is 0.235. The normalized spacial score (nSPS) is 19.2. The molecule has 218 valence electrons. The summed E-state index contributed by atoms with van der Waals surface area (Å²) in [7, 11) is 0. The Morgan fingerprint density at radius 1 is 1.10 bits per heavy atom. The number of halogens is 1. The van der Waals surface area contributed by atoms with Crippen molar-refractivity contribution in [3.63, 3.8) is 0 Å². The summed E-state index contributed by atoms with van der Waals surface area (Å²) in [5.41, 5.74) is 1.10. The Kier molecular flexibility index (Phi) is 8.38. The summed E-state index contributed by atoms with van der Waals surface area (Å²) in [5, 5.41) is 11.6. The average molecular weight is 632 g/mol. The van der Waals surface area contributed by atoms with E-state index in [0.717, 1.165) is 23.1 Å². The number of esters is 1. The molecule has 3 amide bonds. The predicted molar refractivity (Wildman–Crippen MR) is 152 cm³/mol. The highest BCUT2D eigenvalue weighted by molar-refractivity contribution is 8.00. The van der Waals surface area contributed by atoms with Crippen LogP contribution in [-0.4, -0.2) is 69.7 Å². The van der Waals surface area contributed by atoms with Crippen molar-refractivity contribution < 1.29 is 38.6 Å².